The van der Waals surface area contributed by atoms with Gasteiger partial charge in [0.25, 0.3) is 5.89 Å². The Kier molecular flexibility index (Phi) is 5.61. The SMILES string of the molecule is CCOC(C)c1nc(C(C)Oc2ccc(Br)cc2Cl)no1. The predicted molar refractivity (Wildman–Crippen MR) is 82.5 cm³/mol. The minimum absolute atomic E-state index is 0.236. The van der Waals surface area contributed by atoms with Gasteiger partial charge in [-0.25, -0.2) is 0 Å². The molecule has 2 unspecified atom stereocenters. The largest absolute Gasteiger partial charge is 0.481 e. The molecule has 0 fully saturated rings. The molecule has 1 aromatic heterocycles. The molecule has 0 aliphatic rings. The fourth-order valence-electron chi connectivity index (χ4n) is 1.71. The maximum atomic E-state index is 6.12. The zero-order valence-electron chi connectivity index (χ0n) is 12.0. The first-order valence-electron chi connectivity index (χ1n) is 6.58. The number of halogens is 2. The van der Waals surface area contributed by atoms with Crippen molar-refractivity contribution < 1.29 is 14.0 Å². The van der Waals surface area contributed by atoms with Gasteiger partial charge in [-0.1, -0.05) is 32.7 Å². The summed E-state index contributed by atoms with van der Waals surface area (Å²) in [5.41, 5.74) is 0. The molecular formula is C14H16BrClN2O3. The number of benzene rings is 1. The maximum absolute atomic E-state index is 6.12. The molecule has 5 nitrogen and oxygen atoms in total. The summed E-state index contributed by atoms with van der Waals surface area (Å²) in [7, 11) is 0. The molecule has 7 heteroatoms. The van der Waals surface area contributed by atoms with Crippen LogP contribution in [0.25, 0.3) is 0 Å². The molecule has 0 radical (unpaired) electrons. The summed E-state index contributed by atoms with van der Waals surface area (Å²) in [6, 6.07) is 5.40. The Morgan fingerprint density at radius 1 is 1.33 bits per heavy atom. The molecule has 0 spiro atoms. The summed E-state index contributed by atoms with van der Waals surface area (Å²) in [5.74, 6) is 1.45. The van der Waals surface area contributed by atoms with Crippen LogP contribution in [0.1, 0.15) is 44.7 Å². The van der Waals surface area contributed by atoms with Gasteiger partial charge in [-0.05, 0) is 39.0 Å². The van der Waals surface area contributed by atoms with Crippen LogP contribution in [-0.4, -0.2) is 16.7 Å². The molecule has 1 aromatic carbocycles. The summed E-state index contributed by atoms with van der Waals surface area (Å²) >= 11 is 9.47. The van der Waals surface area contributed by atoms with Crippen LogP contribution in [0.5, 0.6) is 5.75 Å². The molecule has 2 atom stereocenters. The second kappa shape index (κ2) is 7.24. The third kappa shape index (κ3) is 4.18. The van der Waals surface area contributed by atoms with Crippen molar-refractivity contribution in [3.8, 4) is 5.75 Å². The van der Waals surface area contributed by atoms with E-state index in [9.17, 15) is 0 Å². The van der Waals surface area contributed by atoms with Gasteiger partial charge in [0.15, 0.2) is 6.10 Å². The number of hydrogen-bond acceptors (Lipinski definition) is 5. The number of hydrogen-bond donors (Lipinski definition) is 0. The highest BCUT2D eigenvalue weighted by Gasteiger charge is 2.20. The van der Waals surface area contributed by atoms with Crippen LogP contribution in [0.15, 0.2) is 27.2 Å². The second-order valence-corrected chi connectivity index (χ2v) is 5.75. The Bertz CT molecular complexity index is 606. The molecule has 2 aromatic rings. The monoisotopic (exact) mass is 374 g/mol. The zero-order valence-corrected chi connectivity index (χ0v) is 14.3. The Morgan fingerprint density at radius 2 is 2.10 bits per heavy atom. The molecule has 21 heavy (non-hydrogen) atoms. The van der Waals surface area contributed by atoms with Gasteiger partial charge in [0.1, 0.15) is 11.9 Å². The molecule has 0 saturated heterocycles. The zero-order chi connectivity index (χ0) is 15.4. The van der Waals surface area contributed by atoms with E-state index in [4.69, 9.17) is 25.6 Å². The topological polar surface area (TPSA) is 57.4 Å². The normalized spacial score (nSPS) is 14.0. The number of rotatable bonds is 6. The van der Waals surface area contributed by atoms with Crippen LogP contribution in [-0.2, 0) is 4.74 Å². The summed E-state index contributed by atoms with van der Waals surface area (Å²) in [5, 5.41) is 4.44. The van der Waals surface area contributed by atoms with Crippen molar-refractivity contribution in [2.24, 2.45) is 0 Å². The Balaban J connectivity index is 2.08. The summed E-state index contributed by atoms with van der Waals surface area (Å²) in [6.45, 7) is 6.19. The van der Waals surface area contributed by atoms with E-state index >= 15 is 0 Å². The number of ether oxygens (including phenoxy) is 2. The number of nitrogens with zero attached hydrogens (tertiary/aromatic N) is 2. The van der Waals surface area contributed by atoms with E-state index in [2.05, 4.69) is 26.1 Å². The molecule has 0 aliphatic carbocycles. The van der Waals surface area contributed by atoms with Crippen LogP contribution < -0.4 is 4.74 Å². The molecule has 0 aliphatic heterocycles. The molecule has 1 heterocycles. The molecule has 0 N–H and O–H groups in total. The molecule has 0 bridgehead atoms. The van der Waals surface area contributed by atoms with Gasteiger partial charge in [-0.15, -0.1) is 0 Å². The van der Waals surface area contributed by atoms with Crippen LogP contribution in [0.3, 0.4) is 0 Å². The van der Waals surface area contributed by atoms with E-state index < -0.39 is 0 Å². The highest BCUT2D eigenvalue weighted by Crippen LogP contribution is 2.31. The number of aromatic nitrogens is 2. The molecule has 0 saturated carbocycles. The van der Waals surface area contributed by atoms with Gasteiger partial charge in [0.2, 0.25) is 5.82 Å². The average molecular weight is 376 g/mol. The Hall–Kier alpha value is -1.11. The van der Waals surface area contributed by atoms with Crippen LogP contribution >= 0.6 is 27.5 Å². The van der Waals surface area contributed by atoms with Gasteiger partial charge in [0, 0.05) is 11.1 Å². The highest BCUT2D eigenvalue weighted by atomic mass is 79.9. The average Bonchev–Trinajstić information content (AvgIpc) is 2.92. The molecular weight excluding hydrogens is 360 g/mol. The fraction of sp³-hybridized carbons (Fsp3) is 0.429. The first-order chi connectivity index (χ1) is 10.0. The smallest absolute Gasteiger partial charge is 0.255 e. The lowest BCUT2D eigenvalue weighted by atomic mass is 10.3. The summed E-state index contributed by atoms with van der Waals surface area (Å²) < 4.78 is 17.2. The van der Waals surface area contributed by atoms with E-state index in [0.29, 0.717) is 29.1 Å². The lowest BCUT2D eigenvalue weighted by molar-refractivity contribution is 0.0519. The van der Waals surface area contributed by atoms with Gasteiger partial charge >= 0.3 is 0 Å². The highest BCUT2D eigenvalue weighted by molar-refractivity contribution is 9.10. The van der Waals surface area contributed by atoms with E-state index in [1.54, 1.807) is 12.1 Å². The van der Waals surface area contributed by atoms with Crippen molar-refractivity contribution in [3.63, 3.8) is 0 Å². The molecule has 114 valence electrons. The van der Waals surface area contributed by atoms with Crippen molar-refractivity contribution in [3.05, 3.63) is 39.4 Å². The standard InChI is InChI=1S/C14H16BrClN2O3/c1-4-19-9(3)14-17-13(18-21-14)8(2)20-12-6-5-10(15)7-11(12)16/h5-9H,4H2,1-3H3. The van der Waals surface area contributed by atoms with Gasteiger partial charge in [-0.2, -0.15) is 4.98 Å². The van der Waals surface area contributed by atoms with Crippen LogP contribution in [0.2, 0.25) is 5.02 Å². The van der Waals surface area contributed by atoms with E-state index in [1.807, 2.05) is 26.8 Å². The lowest BCUT2D eigenvalue weighted by Gasteiger charge is -2.12. The van der Waals surface area contributed by atoms with Gasteiger partial charge in [-0.3, -0.25) is 0 Å². The third-order valence-electron chi connectivity index (χ3n) is 2.78. The van der Waals surface area contributed by atoms with Crippen molar-refractivity contribution in [2.75, 3.05) is 6.61 Å². The maximum Gasteiger partial charge on any atom is 0.255 e. The van der Waals surface area contributed by atoms with Crippen molar-refractivity contribution in [1.82, 2.24) is 10.1 Å². The van der Waals surface area contributed by atoms with Crippen LogP contribution in [0.4, 0.5) is 0 Å². The second-order valence-electron chi connectivity index (χ2n) is 4.42. The van der Waals surface area contributed by atoms with E-state index in [-0.39, 0.29) is 12.2 Å². The van der Waals surface area contributed by atoms with E-state index in [0.717, 1.165) is 4.47 Å². The fourth-order valence-corrected chi connectivity index (χ4v) is 2.43. The van der Waals surface area contributed by atoms with Crippen molar-refractivity contribution >= 4 is 27.5 Å². The van der Waals surface area contributed by atoms with Crippen LogP contribution in [0, 0.1) is 0 Å². The Labute approximate surface area is 136 Å². The van der Waals surface area contributed by atoms with Gasteiger partial charge in [0.05, 0.1) is 5.02 Å². The Morgan fingerprint density at radius 3 is 2.76 bits per heavy atom. The predicted octanol–water partition coefficient (Wildman–Crippen LogP) is 4.72. The quantitative estimate of drug-likeness (QED) is 0.731. The summed E-state index contributed by atoms with van der Waals surface area (Å²) in [4.78, 5) is 4.29. The van der Waals surface area contributed by atoms with Crippen molar-refractivity contribution in [1.29, 1.82) is 0 Å². The molecule has 0 amide bonds. The minimum Gasteiger partial charge on any atom is -0.481 e. The first kappa shape index (κ1) is 16.3. The lowest BCUT2D eigenvalue weighted by Crippen LogP contribution is -2.06. The first-order valence-corrected chi connectivity index (χ1v) is 7.75. The van der Waals surface area contributed by atoms with Crippen molar-refractivity contribution in [2.45, 2.75) is 33.0 Å². The van der Waals surface area contributed by atoms with E-state index in [1.165, 1.54) is 0 Å². The van der Waals surface area contributed by atoms with Gasteiger partial charge < -0.3 is 14.0 Å². The minimum atomic E-state index is -0.380. The third-order valence-corrected chi connectivity index (χ3v) is 3.57. The summed E-state index contributed by atoms with van der Waals surface area (Å²) in [6.07, 6.45) is -0.616. The molecule has 2 rings (SSSR count).